The van der Waals surface area contributed by atoms with Gasteiger partial charge in [0.15, 0.2) is 0 Å². The Kier molecular flexibility index (Phi) is 4.39. The third-order valence-electron chi connectivity index (χ3n) is 4.85. The summed E-state index contributed by atoms with van der Waals surface area (Å²) in [6, 6.07) is 13.8. The number of carbonyl (C=O) groups excluding carboxylic acids is 1. The normalized spacial score (nSPS) is 16.8. The van der Waals surface area contributed by atoms with Crippen molar-refractivity contribution in [3.63, 3.8) is 0 Å². The zero-order chi connectivity index (χ0) is 19.0. The average molecular weight is 363 g/mol. The lowest BCUT2D eigenvalue weighted by atomic mass is 10.1. The number of carbonyl (C=O) groups is 1. The average Bonchev–Trinajstić information content (AvgIpc) is 3.29. The van der Waals surface area contributed by atoms with Crippen molar-refractivity contribution in [2.45, 2.75) is 26.2 Å². The summed E-state index contributed by atoms with van der Waals surface area (Å²) in [6.07, 6.45) is 0.340. The lowest BCUT2D eigenvalue weighted by Crippen LogP contribution is -2.25. The van der Waals surface area contributed by atoms with Gasteiger partial charge in [0.25, 0.3) is 0 Å². The van der Waals surface area contributed by atoms with Crippen molar-refractivity contribution in [2.24, 2.45) is 0 Å². The number of aromatic nitrogens is 2. The second-order valence-electron chi connectivity index (χ2n) is 6.90. The molecule has 6 nitrogen and oxygen atoms in total. The summed E-state index contributed by atoms with van der Waals surface area (Å²) in [5.41, 5.74) is 3.92. The van der Waals surface area contributed by atoms with Gasteiger partial charge in [-0.3, -0.25) is 4.79 Å². The maximum absolute atomic E-state index is 12.6. The first-order chi connectivity index (χ1) is 13.0. The molecule has 6 heteroatoms. The van der Waals surface area contributed by atoms with Gasteiger partial charge in [-0.15, -0.1) is 0 Å². The number of anilines is 1. The van der Waals surface area contributed by atoms with Crippen LogP contribution >= 0.6 is 0 Å². The number of hydrogen-bond donors (Lipinski definition) is 0. The number of rotatable bonds is 4. The van der Waals surface area contributed by atoms with E-state index in [1.54, 1.807) is 12.0 Å². The lowest BCUT2D eigenvalue weighted by molar-refractivity contribution is -0.117. The van der Waals surface area contributed by atoms with Gasteiger partial charge < -0.3 is 14.2 Å². The fourth-order valence-corrected chi connectivity index (χ4v) is 3.34. The molecule has 1 atom stereocenters. The minimum Gasteiger partial charge on any atom is -0.495 e. The molecule has 0 radical (unpaired) electrons. The number of aryl methyl sites for hydroxylation is 2. The zero-order valence-corrected chi connectivity index (χ0v) is 15.6. The molecule has 1 aromatic heterocycles. The van der Waals surface area contributed by atoms with Gasteiger partial charge in [-0.25, -0.2) is 0 Å². The molecule has 3 aromatic rings. The highest BCUT2D eigenvalue weighted by atomic mass is 16.5. The van der Waals surface area contributed by atoms with Crippen LogP contribution in [0, 0.1) is 13.8 Å². The Bertz CT molecular complexity index is 979. The maximum Gasteiger partial charge on any atom is 0.232 e. The van der Waals surface area contributed by atoms with Crippen molar-refractivity contribution >= 4 is 11.6 Å². The van der Waals surface area contributed by atoms with Crippen molar-refractivity contribution in [1.29, 1.82) is 0 Å². The Hall–Kier alpha value is -3.15. The van der Waals surface area contributed by atoms with Gasteiger partial charge in [0, 0.05) is 18.5 Å². The zero-order valence-electron chi connectivity index (χ0n) is 15.6. The third kappa shape index (κ3) is 3.30. The molecule has 1 amide bonds. The monoisotopic (exact) mass is 363 g/mol. The molecule has 4 rings (SSSR count). The van der Waals surface area contributed by atoms with E-state index >= 15 is 0 Å². The summed E-state index contributed by atoms with van der Waals surface area (Å²) in [5, 5.41) is 4.09. The van der Waals surface area contributed by atoms with Gasteiger partial charge in [0.2, 0.25) is 17.6 Å². The summed E-state index contributed by atoms with van der Waals surface area (Å²) >= 11 is 0. The first-order valence-corrected chi connectivity index (χ1v) is 8.91. The van der Waals surface area contributed by atoms with Crippen LogP contribution in [0.2, 0.25) is 0 Å². The van der Waals surface area contributed by atoms with Gasteiger partial charge in [0.1, 0.15) is 5.75 Å². The third-order valence-corrected chi connectivity index (χ3v) is 4.85. The van der Waals surface area contributed by atoms with E-state index in [9.17, 15) is 4.79 Å². The lowest BCUT2D eigenvalue weighted by Gasteiger charge is -2.19. The summed E-state index contributed by atoms with van der Waals surface area (Å²) in [6.45, 7) is 4.52. The van der Waals surface area contributed by atoms with Crippen LogP contribution in [0.15, 0.2) is 47.0 Å². The first kappa shape index (κ1) is 17.3. The summed E-state index contributed by atoms with van der Waals surface area (Å²) in [5.74, 6) is 1.62. The second-order valence-corrected chi connectivity index (χ2v) is 6.90. The van der Waals surface area contributed by atoms with Crippen LogP contribution in [0.3, 0.4) is 0 Å². The van der Waals surface area contributed by atoms with E-state index in [0.29, 0.717) is 30.4 Å². The molecule has 0 aliphatic carbocycles. The van der Waals surface area contributed by atoms with Crippen molar-refractivity contribution in [3.05, 3.63) is 59.5 Å². The van der Waals surface area contributed by atoms with Gasteiger partial charge in [-0.2, -0.15) is 4.98 Å². The standard InChI is InChI=1S/C21H21N3O3/c1-13-4-7-15(8-5-13)20-22-21(27-23-20)16-11-19(25)24(12-16)17-10-14(2)6-9-18(17)26-3/h4-10,16H,11-12H2,1-3H3. The molecular weight excluding hydrogens is 342 g/mol. The maximum atomic E-state index is 12.6. The van der Waals surface area contributed by atoms with E-state index < -0.39 is 0 Å². The number of hydrogen-bond acceptors (Lipinski definition) is 5. The highest BCUT2D eigenvalue weighted by Crippen LogP contribution is 2.37. The minimum absolute atomic E-state index is 0.0268. The Labute approximate surface area is 157 Å². The Morgan fingerprint density at radius 2 is 1.85 bits per heavy atom. The fraction of sp³-hybridized carbons (Fsp3) is 0.286. The molecule has 1 saturated heterocycles. The molecule has 0 bridgehead atoms. The second kappa shape index (κ2) is 6.87. The molecule has 1 unspecified atom stereocenters. The summed E-state index contributed by atoms with van der Waals surface area (Å²) < 4.78 is 10.9. The molecule has 0 N–H and O–H groups in total. The van der Waals surface area contributed by atoms with Crippen LogP contribution < -0.4 is 9.64 Å². The molecule has 27 heavy (non-hydrogen) atoms. The van der Waals surface area contributed by atoms with Crippen molar-refractivity contribution in [3.8, 4) is 17.1 Å². The molecule has 0 saturated carbocycles. The van der Waals surface area contributed by atoms with E-state index in [1.807, 2.05) is 56.3 Å². The van der Waals surface area contributed by atoms with E-state index in [-0.39, 0.29) is 11.8 Å². The molecule has 2 aromatic carbocycles. The quantitative estimate of drug-likeness (QED) is 0.703. The van der Waals surface area contributed by atoms with Crippen LogP contribution in [0.25, 0.3) is 11.4 Å². The topological polar surface area (TPSA) is 68.5 Å². The van der Waals surface area contributed by atoms with Gasteiger partial charge >= 0.3 is 0 Å². The van der Waals surface area contributed by atoms with Gasteiger partial charge in [-0.05, 0) is 31.5 Å². The largest absolute Gasteiger partial charge is 0.495 e. The van der Waals surface area contributed by atoms with Gasteiger partial charge in [0.05, 0.1) is 18.7 Å². The predicted molar refractivity (Wildman–Crippen MR) is 102 cm³/mol. The number of nitrogens with zero attached hydrogens (tertiary/aromatic N) is 3. The summed E-state index contributed by atoms with van der Waals surface area (Å²) in [7, 11) is 1.61. The van der Waals surface area contributed by atoms with E-state index in [1.165, 1.54) is 5.56 Å². The molecule has 1 aliphatic heterocycles. The molecule has 1 fully saturated rings. The van der Waals surface area contributed by atoms with Crippen LogP contribution in [0.5, 0.6) is 5.75 Å². The van der Waals surface area contributed by atoms with Crippen LogP contribution in [0.4, 0.5) is 5.69 Å². The predicted octanol–water partition coefficient (Wildman–Crippen LogP) is 3.88. The molecular formula is C21H21N3O3. The van der Waals surface area contributed by atoms with Crippen molar-refractivity contribution in [1.82, 2.24) is 10.1 Å². The highest BCUT2D eigenvalue weighted by Gasteiger charge is 2.36. The SMILES string of the molecule is COc1ccc(C)cc1N1CC(c2nc(-c3ccc(C)cc3)no2)CC1=O. The molecule has 0 spiro atoms. The number of ether oxygens (including phenoxy) is 1. The number of amides is 1. The van der Waals surface area contributed by atoms with Crippen LogP contribution in [0.1, 0.15) is 29.4 Å². The van der Waals surface area contributed by atoms with Crippen LogP contribution in [-0.4, -0.2) is 29.7 Å². The molecule has 2 heterocycles. The van der Waals surface area contributed by atoms with Crippen molar-refractivity contribution < 1.29 is 14.1 Å². The Morgan fingerprint density at radius 3 is 2.59 bits per heavy atom. The van der Waals surface area contributed by atoms with Crippen LogP contribution in [-0.2, 0) is 4.79 Å². The fourth-order valence-electron chi connectivity index (χ4n) is 3.34. The first-order valence-electron chi connectivity index (χ1n) is 8.91. The smallest absolute Gasteiger partial charge is 0.232 e. The van der Waals surface area contributed by atoms with E-state index in [4.69, 9.17) is 9.26 Å². The minimum atomic E-state index is -0.130. The Balaban J connectivity index is 1.58. The summed E-state index contributed by atoms with van der Waals surface area (Å²) in [4.78, 5) is 18.9. The number of benzene rings is 2. The Morgan fingerprint density at radius 1 is 1.11 bits per heavy atom. The van der Waals surface area contributed by atoms with E-state index in [0.717, 1.165) is 16.8 Å². The van der Waals surface area contributed by atoms with Crippen molar-refractivity contribution in [2.75, 3.05) is 18.6 Å². The van der Waals surface area contributed by atoms with E-state index in [2.05, 4.69) is 10.1 Å². The number of methoxy groups -OCH3 is 1. The molecule has 1 aliphatic rings. The molecule has 138 valence electrons. The van der Waals surface area contributed by atoms with Gasteiger partial charge in [-0.1, -0.05) is 41.1 Å². The highest BCUT2D eigenvalue weighted by molar-refractivity contribution is 5.97.